The van der Waals surface area contributed by atoms with Crippen LogP contribution >= 0.6 is 23.4 Å². The predicted molar refractivity (Wildman–Crippen MR) is 112 cm³/mol. The summed E-state index contributed by atoms with van der Waals surface area (Å²) in [5.74, 6) is 1.64. The summed E-state index contributed by atoms with van der Waals surface area (Å²) in [5, 5.41) is 0.715. The van der Waals surface area contributed by atoms with Crippen LogP contribution in [0.2, 0.25) is 5.02 Å². The number of hydrogen-bond donors (Lipinski definition) is 0. The summed E-state index contributed by atoms with van der Waals surface area (Å²) in [5.41, 5.74) is 1.67. The van der Waals surface area contributed by atoms with Crippen LogP contribution in [0.1, 0.15) is 19.2 Å². The van der Waals surface area contributed by atoms with Gasteiger partial charge in [0, 0.05) is 30.6 Å². The molecule has 0 fully saturated rings. The Morgan fingerprint density at radius 2 is 1.85 bits per heavy atom. The van der Waals surface area contributed by atoms with Crippen LogP contribution in [0.4, 0.5) is 0 Å². The highest BCUT2D eigenvalue weighted by atomic mass is 35.5. The highest BCUT2D eigenvalue weighted by molar-refractivity contribution is 7.98. The second-order valence-corrected chi connectivity index (χ2v) is 10.00. The lowest BCUT2D eigenvalue weighted by Crippen LogP contribution is -2.22. The third-order valence-corrected chi connectivity index (χ3v) is 7.28. The van der Waals surface area contributed by atoms with Crippen LogP contribution in [0.15, 0.2) is 52.3 Å². The van der Waals surface area contributed by atoms with E-state index in [0.29, 0.717) is 16.3 Å². The van der Waals surface area contributed by atoms with Gasteiger partial charge in [0.2, 0.25) is 10.0 Å². The van der Waals surface area contributed by atoms with Crippen molar-refractivity contribution in [2.75, 3.05) is 14.1 Å². The van der Waals surface area contributed by atoms with E-state index in [9.17, 15) is 8.42 Å². The third-order valence-electron chi connectivity index (χ3n) is 4.21. The molecular formula is C19H22ClN3O2S2. The van der Waals surface area contributed by atoms with Gasteiger partial charge in [0.25, 0.3) is 0 Å². The van der Waals surface area contributed by atoms with Crippen molar-refractivity contribution in [3.8, 4) is 0 Å². The number of nitrogens with zero attached hydrogens (tertiary/aromatic N) is 3. The molecule has 0 unspecified atom stereocenters. The lowest BCUT2D eigenvalue weighted by atomic mass is 10.3. The molecule has 3 aromatic rings. The van der Waals surface area contributed by atoms with Gasteiger partial charge in [0.1, 0.15) is 5.82 Å². The number of imidazole rings is 1. The Balaban J connectivity index is 1.96. The Hall–Kier alpha value is -1.54. The Morgan fingerprint density at radius 3 is 2.48 bits per heavy atom. The molecule has 0 atom stereocenters. The Morgan fingerprint density at radius 1 is 1.15 bits per heavy atom. The van der Waals surface area contributed by atoms with Crippen molar-refractivity contribution < 1.29 is 8.42 Å². The number of aryl methyl sites for hydroxylation is 1. The van der Waals surface area contributed by atoms with Gasteiger partial charge in [-0.15, -0.1) is 11.8 Å². The molecule has 8 heteroatoms. The van der Waals surface area contributed by atoms with Crippen LogP contribution in [0.25, 0.3) is 11.0 Å². The lowest BCUT2D eigenvalue weighted by Gasteiger charge is -2.11. The maximum Gasteiger partial charge on any atom is 0.242 e. The van der Waals surface area contributed by atoms with Crippen LogP contribution in [0, 0.1) is 0 Å². The Kier molecular flexibility index (Phi) is 6.15. The molecule has 1 aromatic heterocycles. The quantitative estimate of drug-likeness (QED) is 0.519. The van der Waals surface area contributed by atoms with Crippen molar-refractivity contribution >= 4 is 44.4 Å². The number of halogens is 1. The standard InChI is InChI=1S/C19H22ClN3O2S2/c1-4-11-23-18-10-9-16(27(24,25)22(2)3)12-17(18)21-19(23)13-26-15-7-5-14(20)6-8-15/h5-10,12H,4,11,13H2,1-3H3. The smallest absolute Gasteiger partial charge is 0.242 e. The number of benzene rings is 2. The van der Waals surface area contributed by atoms with E-state index in [4.69, 9.17) is 16.6 Å². The first-order valence-corrected chi connectivity index (χ1v) is 11.4. The van der Waals surface area contributed by atoms with Gasteiger partial charge in [-0.3, -0.25) is 0 Å². The van der Waals surface area contributed by atoms with E-state index in [2.05, 4.69) is 11.5 Å². The van der Waals surface area contributed by atoms with Crippen molar-refractivity contribution in [2.24, 2.45) is 0 Å². The normalized spacial score (nSPS) is 12.2. The Labute approximate surface area is 169 Å². The molecule has 3 rings (SSSR count). The highest BCUT2D eigenvalue weighted by Gasteiger charge is 2.19. The van der Waals surface area contributed by atoms with E-state index >= 15 is 0 Å². The molecule has 0 N–H and O–H groups in total. The Bertz CT molecular complexity index is 1040. The molecule has 0 aliphatic heterocycles. The zero-order valence-electron chi connectivity index (χ0n) is 15.5. The molecule has 27 heavy (non-hydrogen) atoms. The first kappa shape index (κ1) is 20.2. The monoisotopic (exact) mass is 423 g/mol. The van der Waals surface area contributed by atoms with Gasteiger partial charge in [0.15, 0.2) is 0 Å². The molecular weight excluding hydrogens is 402 g/mol. The summed E-state index contributed by atoms with van der Waals surface area (Å²) in [6, 6.07) is 12.9. The van der Waals surface area contributed by atoms with Gasteiger partial charge in [-0.25, -0.2) is 17.7 Å². The van der Waals surface area contributed by atoms with Crippen molar-refractivity contribution in [1.29, 1.82) is 0 Å². The van der Waals surface area contributed by atoms with Crippen molar-refractivity contribution in [3.63, 3.8) is 0 Å². The summed E-state index contributed by atoms with van der Waals surface area (Å²) >= 11 is 7.63. The number of aromatic nitrogens is 2. The molecule has 0 aliphatic carbocycles. The van der Waals surface area contributed by atoms with E-state index in [1.165, 1.54) is 18.4 Å². The summed E-state index contributed by atoms with van der Waals surface area (Å²) < 4.78 is 28.2. The molecule has 0 saturated carbocycles. The lowest BCUT2D eigenvalue weighted by molar-refractivity contribution is 0.521. The maximum atomic E-state index is 12.4. The van der Waals surface area contributed by atoms with E-state index < -0.39 is 10.0 Å². The second kappa shape index (κ2) is 8.22. The zero-order chi connectivity index (χ0) is 19.6. The van der Waals surface area contributed by atoms with E-state index in [1.807, 2.05) is 30.3 Å². The van der Waals surface area contributed by atoms with E-state index in [1.54, 1.807) is 23.9 Å². The van der Waals surface area contributed by atoms with Gasteiger partial charge < -0.3 is 4.57 Å². The minimum atomic E-state index is -3.48. The van der Waals surface area contributed by atoms with Gasteiger partial charge in [0.05, 0.1) is 21.7 Å². The van der Waals surface area contributed by atoms with Crippen LogP contribution in [0.5, 0.6) is 0 Å². The minimum Gasteiger partial charge on any atom is -0.327 e. The van der Waals surface area contributed by atoms with Crippen molar-refractivity contribution in [1.82, 2.24) is 13.9 Å². The van der Waals surface area contributed by atoms with Crippen molar-refractivity contribution in [2.45, 2.75) is 35.4 Å². The minimum absolute atomic E-state index is 0.262. The molecule has 144 valence electrons. The fourth-order valence-electron chi connectivity index (χ4n) is 2.79. The maximum absolute atomic E-state index is 12.4. The zero-order valence-corrected chi connectivity index (χ0v) is 17.9. The predicted octanol–water partition coefficient (Wildman–Crippen LogP) is 4.64. The average molecular weight is 424 g/mol. The van der Waals surface area contributed by atoms with Gasteiger partial charge in [-0.2, -0.15) is 0 Å². The van der Waals surface area contributed by atoms with Crippen LogP contribution in [-0.2, 0) is 22.3 Å². The van der Waals surface area contributed by atoms with Crippen molar-refractivity contribution in [3.05, 3.63) is 53.3 Å². The first-order chi connectivity index (χ1) is 12.8. The molecule has 2 aromatic carbocycles. The van der Waals surface area contributed by atoms with Crippen LogP contribution in [0.3, 0.4) is 0 Å². The molecule has 0 bridgehead atoms. The summed E-state index contributed by atoms with van der Waals surface area (Å²) in [7, 11) is -0.415. The van der Waals surface area contributed by atoms with Gasteiger partial charge in [-0.1, -0.05) is 18.5 Å². The topological polar surface area (TPSA) is 55.2 Å². The van der Waals surface area contributed by atoms with Crippen LogP contribution < -0.4 is 0 Å². The average Bonchev–Trinajstić information content (AvgIpc) is 2.98. The van der Waals surface area contributed by atoms with E-state index in [-0.39, 0.29) is 4.90 Å². The second-order valence-electron chi connectivity index (χ2n) is 6.36. The van der Waals surface area contributed by atoms with Gasteiger partial charge >= 0.3 is 0 Å². The molecule has 1 heterocycles. The summed E-state index contributed by atoms with van der Waals surface area (Å²) in [4.78, 5) is 6.11. The number of fused-ring (bicyclic) bond motifs is 1. The van der Waals surface area contributed by atoms with Gasteiger partial charge in [-0.05, 0) is 48.9 Å². The molecule has 0 radical (unpaired) electrons. The summed E-state index contributed by atoms with van der Waals surface area (Å²) in [6.07, 6.45) is 0.974. The third kappa shape index (κ3) is 4.32. The molecule has 0 amide bonds. The number of thioether (sulfide) groups is 1. The fourth-order valence-corrected chi connectivity index (χ4v) is 4.69. The molecule has 0 saturated heterocycles. The highest BCUT2D eigenvalue weighted by Crippen LogP contribution is 2.28. The van der Waals surface area contributed by atoms with E-state index in [0.717, 1.165) is 29.2 Å². The number of sulfonamides is 1. The molecule has 5 nitrogen and oxygen atoms in total. The SMILES string of the molecule is CCCn1c(CSc2ccc(Cl)cc2)nc2cc(S(=O)(=O)N(C)C)ccc21. The number of rotatable bonds is 7. The van der Waals surface area contributed by atoms with Crippen LogP contribution in [-0.4, -0.2) is 36.4 Å². The molecule has 0 aliphatic rings. The number of hydrogen-bond acceptors (Lipinski definition) is 4. The fraction of sp³-hybridized carbons (Fsp3) is 0.316. The summed E-state index contributed by atoms with van der Waals surface area (Å²) in [6.45, 7) is 2.96. The largest absolute Gasteiger partial charge is 0.327 e. The first-order valence-electron chi connectivity index (χ1n) is 8.63. The molecule has 0 spiro atoms.